The summed E-state index contributed by atoms with van der Waals surface area (Å²) in [6.45, 7) is 2.18. The van der Waals surface area contributed by atoms with Crippen LogP contribution < -0.4 is 0 Å². The van der Waals surface area contributed by atoms with E-state index in [4.69, 9.17) is 0 Å². The molecule has 0 spiro atoms. The SMILES string of the molecule is Cc1cc2c(-c3ccccc3)cc(-c3ccccc3)cc2s1. The first-order valence-electron chi connectivity index (χ1n) is 7.46. The quantitative estimate of drug-likeness (QED) is 0.394. The second-order valence-corrected chi connectivity index (χ2v) is 6.81. The largest absolute Gasteiger partial charge is 0.141 e. The van der Waals surface area contributed by atoms with Gasteiger partial charge in [0.15, 0.2) is 0 Å². The Kier molecular flexibility index (Phi) is 3.28. The molecule has 106 valence electrons. The van der Waals surface area contributed by atoms with Gasteiger partial charge in [-0.15, -0.1) is 11.3 Å². The number of benzene rings is 3. The lowest BCUT2D eigenvalue weighted by molar-refractivity contribution is 1.62. The molecule has 0 fully saturated rings. The molecule has 0 amide bonds. The smallest absolute Gasteiger partial charge is 0.0357 e. The molecule has 4 aromatic rings. The van der Waals surface area contributed by atoms with Crippen molar-refractivity contribution in [3.8, 4) is 22.3 Å². The number of hydrogen-bond acceptors (Lipinski definition) is 1. The summed E-state index contributed by atoms with van der Waals surface area (Å²) in [6.07, 6.45) is 0. The summed E-state index contributed by atoms with van der Waals surface area (Å²) in [5.41, 5.74) is 5.16. The van der Waals surface area contributed by atoms with Gasteiger partial charge in [0.05, 0.1) is 0 Å². The summed E-state index contributed by atoms with van der Waals surface area (Å²) in [7, 11) is 0. The summed E-state index contributed by atoms with van der Waals surface area (Å²) >= 11 is 1.87. The molecule has 0 bridgehead atoms. The lowest BCUT2D eigenvalue weighted by Crippen LogP contribution is -1.82. The topological polar surface area (TPSA) is 0 Å². The van der Waals surface area contributed by atoms with Crippen molar-refractivity contribution in [2.75, 3.05) is 0 Å². The molecule has 0 saturated carbocycles. The third kappa shape index (κ3) is 2.34. The van der Waals surface area contributed by atoms with Crippen molar-refractivity contribution in [2.45, 2.75) is 6.92 Å². The highest BCUT2D eigenvalue weighted by atomic mass is 32.1. The third-order valence-corrected chi connectivity index (χ3v) is 4.95. The second-order valence-electron chi connectivity index (χ2n) is 5.52. The highest BCUT2D eigenvalue weighted by Gasteiger charge is 2.10. The van der Waals surface area contributed by atoms with Crippen molar-refractivity contribution in [1.82, 2.24) is 0 Å². The molecule has 3 aromatic carbocycles. The maximum Gasteiger partial charge on any atom is 0.0357 e. The monoisotopic (exact) mass is 300 g/mol. The highest BCUT2D eigenvalue weighted by Crippen LogP contribution is 2.38. The van der Waals surface area contributed by atoms with Crippen LogP contribution in [-0.4, -0.2) is 0 Å². The van der Waals surface area contributed by atoms with Crippen LogP contribution in [0, 0.1) is 6.92 Å². The minimum absolute atomic E-state index is 1.27. The van der Waals surface area contributed by atoms with Crippen LogP contribution in [0.4, 0.5) is 0 Å². The van der Waals surface area contributed by atoms with E-state index in [-0.39, 0.29) is 0 Å². The average Bonchev–Trinajstić information content (AvgIpc) is 2.95. The molecule has 4 rings (SSSR count). The van der Waals surface area contributed by atoms with Gasteiger partial charge in [-0.1, -0.05) is 60.7 Å². The number of fused-ring (bicyclic) bond motifs is 1. The van der Waals surface area contributed by atoms with E-state index in [2.05, 4.69) is 85.8 Å². The van der Waals surface area contributed by atoms with Gasteiger partial charge >= 0.3 is 0 Å². The molecule has 1 heteroatoms. The lowest BCUT2D eigenvalue weighted by Gasteiger charge is -2.08. The maximum atomic E-state index is 2.32. The first-order valence-corrected chi connectivity index (χ1v) is 8.28. The number of rotatable bonds is 2. The van der Waals surface area contributed by atoms with Gasteiger partial charge in [-0.05, 0) is 47.4 Å². The van der Waals surface area contributed by atoms with Crippen molar-refractivity contribution in [3.05, 3.63) is 83.7 Å². The van der Waals surface area contributed by atoms with Gasteiger partial charge in [0.1, 0.15) is 0 Å². The normalized spacial score (nSPS) is 11.0. The van der Waals surface area contributed by atoms with Crippen molar-refractivity contribution < 1.29 is 0 Å². The van der Waals surface area contributed by atoms with E-state index in [1.165, 1.54) is 37.2 Å². The van der Waals surface area contributed by atoms with E-state index in [0.29, 0.717) is 0 Å². The van der Waals surface area contributed by atoms with Crippen molar-refractivity contribution in [2.24, 2.45) is 0 Å². The molecule has 0 radical (unpaired) electrons. The fraction of sp³-hybridized carbons (Fsp3) is 0.0476. The molecule has 22 heavy (non-hydrogen) atoms. The molecule has 0 aliphatic carbocycles. The molecule has 0 N–H and O–H groups in total. The van der Waals surface area contributed by atoms with Gasteiger partial charge in [0.2, 0.25) is 0 Å². The van der Waals surface area contributed by atoms with Crippen LogP contribution in [0.5, 0.6) is 0 Å². The van der Waals surface area contributed by atoms with Crippen LogP contribution in [0.1, 0.15) is 4.88 Å². The highest BCUT2D eigenvalue weighted by molar-refractivity contribution is 7.19. The molecule has 1 aromatic heterocycles. The predicted octanol–water partition coefficient (Wildman–Crippen LogP) is 6.54. The van der Waals surface area contributed by atoms with Crippen LogP contribution in [0.15, 0.2) is 78.9 Å². The van der Waals surface area contributed by atoms with E-state index < -0.39 is 0 Å². The van der Waals surface area contributed by atoms with Crippen molar-refractivity contribution in [1.29, 1.82) is 0 Å². The van der Waals surface area contributed by atoms with Gasteiger partial charge in [-0.25, -0.2) is 0 Å². The van der Waals surface area contributed by atoms with Gasteiger partial charge in [0.25, 0.3) is 0 Å². The zero-order valence-corrected chi connectivity index (χ0v) is 13.2. The Labute approximate surface area is 134 Å². The molecule has 0 aliphatic rings. The zero-order valence-electron chi connectivity index (χ0n) is 12.4. The van der Waals surface area contributed by atoms with Crippen LogP contribution in [-0.2, 0) is 0 Å². The molecular formula is C21H16S. The number of aryl methyl sites for hydroxylation is 1. The number of thiophene rings is 1. The summed E-state index contributed by atoms with van der Waals surface area (Å²) in [4.78, 5) is 1.36. The van der Waals surface area contributed by atoms with Crippen LogP contribution in [0.3, 0.4) is 0 Å². The Morgan fingerprint density at radius 1 is 0.636 bits per heavy atom. The van der Waals surface area contributed by atoms with E-state index in [9.17, 15) is 0 Å². The van der Waals surface area contributed by atoms with E-state index in [0.717, 1.165) is 0 Å². The zero-order chi connectivity index (χ0) is 14.9. The summed E-state index contributed by atoms with van der Waals surface area (Å²) in [6, 6.07) is 28.2. The van der Waals surface area contributed by atoms with E-state index in [1.807, 2.05) is 11.3 Å². The fourth-order valence-electron chi connectivity index (χ4n) is 2.92. The Morgan fingerprint density at radius 2 is 1.27 bits per heavy atom. The third-order valence-electron chi connectivity index (χ3n) is 3.95. The minimum Gasteiger partial charge on any atom is -0.141 e. The van der Waals surface area contributed by atoms with Crippen LogP contribution >= 0.6 is 11.3 Å². The molecule has 0 nitrogen and oxygen atoms in total. The minimum atomic E-state index is 1.27. The molecule has 1 heterocycles. The Morgan fingerprint density at radius 3 is 1.95 bits per heavy atom. The lowest BCUT2D eigenvalue weighted by atomic mass is 9.96. The molecule has 0 aliphatic heterocycles. The van der Waals surface area contributed by atoms with Crippen molar-refractivity contribution in [3.63, 3.8) is 0 Å². The fourth-order valence-corrected chi connectivity index (χ4v) is 3.91. The Hall–Kier alpha value is -2.38. The molecular weight excluding hydrogens is 284 g/mol. The summed E-state index contributed by atoms with van der Waals surface area (Å²) < 4.78 is 1.36. The van der Waals surface area contributed by atoms with Crippen LogP contribution in [0.25, 0.3) is 32.3 Å². The molecule has 0 atom stereocenters. The first kappa shape index (κ1) is 13.3. The molecule has 0 saturated heterocycles. The van der Waals surface area contributed by atoms with Crippen LogP contribution in [0.2, 0.25) is 0 Å². The Balaban J connectivity index is 2.02. The van der Waals surface area contributed by atoms with Gasteiger partial charge in [-0.3, -0.25) is 0 Å². The Bertz CT molecular complexity index is 918. The van der Waals surface area contributed by atoms with E-state index >= 15 is 0 Å². The van der Waals surface area contributed by atoms with Gasteiger partial charge < -0.3 is 0 Å². The first-order chi connectivity index (χ1) is 10.8. The maximum absolute atomic E-state index is 2.32. The second kappa shape index (κ2) is 5.43. The predicted molar refractivity (Wildman–Crippen MR) is 97.4 cm³/mol. The van der Waals surface area contributed by atoms with Gasteiger partial charge in [-0.2, -0.15) is 0 Å². The molecule has 0 unspecified atom stereocenters. The summed E-state index contributed by atoms with van der Waals surface area (Å²) in [5, 5.41) is 1.35. The van der Waals surface area contributed by atoms with Crippen molar-refractivity contribution >= 4 is 21.4 Å². The summed E-state index contributed by atoms with van der Waals surface area (Å²) in [5.74, 6) is 0. The number of hydrogen-bond donors (Lipinski definition) is 0. The van der Waals surface area contributed by atoms with E-state index in [1.54, 1.807) is 0 Å². The standard InChI is InChI=1S/C21H16S/c1-15-12-20-19(17-10-6-3-7-11-17)13-18(14-21(20)22-15)16-8-4-2-5-9-16/h2-14H,1H3. The average molecular weight is 300 g/mol. The van der Waals surface area contributed by atoms with Gasteiger partial charge in [0, 0.05) is 15.0 Å².